The number of amides is 1. The average Bonchev–Trinajstić information content (AvgIpc) is 2.75. The van der Waals surface area contributed by atoms with Crippen molar-refractivity contribution in [1.29, 1.82) is 0 Å². The Balaban J connectivity index is 2.39. The minimum absolute atomic E-state index is 0.121. The molecule has 0 aliphatic carbocycles. The first kappa shape index (κ1) is 26.5. The highest BCUT2D eigenvalue weighted by atomic mass is 35.5. The third-order valence-electron chi connectivity index (χ3n) is 5.63. The maximum absolute atomic E-state index is 13.2. The molecule has 2 N–H and O–H groups in total. The van der Waals surface area contributed by atoms with Gasteiger partial charge in [0.05, 0.1) is 24.8 Å². The van der Waals surface area contributed by atoms with Gasteiger partial charge in [-0.25, -0.2) is 4.79 Å². The maximum atomic E-state index is 13.2. The Morgan fingerprint density at radius 3 is 2.30 bits per heavy atom. The van der Waals surface area contributed by atoms with Crippen molar-refractivity contribution in [3.8, 4) is 11.5 Å². The third kappa shape index (κ3) is 6.87. The van der Waals surface area contributed by atoms with Crippen molar-refractivity contribution in [2.45, 2.75) is 64.7 Å². The molecule has 6 nitrogen and oxygen atoms in total. The summed E-state index contributed by atoms with van der Waals surface area (Å²) >= 11 is 6.38. The molecule has 0 heterocycles. The summed E-state index contributed by atoms with van der Waals surface area (Å²) in [7, 11) is 3.12. The van der Waals surface area contributed by atoms with Gasteiger partial charge >= 0.3 is 5.97 Å². The fourth-order valence-electron chi connectivity index (χ4n) is 3.88. The van der Waals surface area contributed by atoms with Gasteiger partial charge in [-0.1, -0.05) is 58.2 Å². The highest BCUT2D eigenvalue weighted by Gasteiger charge is 2.24. The van der Waals surface area contributed by atoms with Gasteiger partial charge in [-0.3, -0.25) is 4.79 Å². The zero-order chi connectivity index (χ0) is 24.8. The Kier molecular flexibility index (Phi) is 9.17. The molecule has 180 valence electrons. The molecule has 2 aromatic rings. The van der Waals surface area contributed by atoms with Gasteiger partial charge in [0.15, 0.2) is 0 Å². The van der Waals surface area contributed by atoms with Crippen LogP contribution in [-0.2, 0) is 10.2 Å². The monoisotopic (exact) mass is 475 g/mol. The SMILES string of the molecule is CCCCC(CC(=O)Nc1cc(C(=O)O)ccc1C(C)(C)C)c1cc(Cl)c(OC)cc1OC. The maximum Gasteiger partial charge on any atom is 0.335 e. The van der Waals surface area contributed by atoms with Gasteiger partial charge in [-0.2, -0.15) is 0 Å². The number of carboxylic acids is 1. The number of hydrogen-bond acceptors (Lipinski definition) is 4. The Morgan fingerprint density at radius 2 is 1.76 bits per heavy atom. The molecular formula is C26H34ClNO5. The van der Waals surface area contributed by atoms with E-state index in [1.807, 2.05) is 20.8 Å². The molecule has 0 aliphatic heterocycles. The van der Waals surface area contributed by atoms with E-state index in [1.54, 1.807) is 38.5 Å². The second-order valence-electron chi connectivity index (χ2n) is 9.14. The molecule has 0 saturated heterocycles. The quantitative estimate of drug-likeness (QED) is 0.401. The van der Waals surface area contributed by atoms with Crippen LogP contribution in [0.3, 0.4) is 0 Å². The number of anilines is 1. The number of hydrogen-bond donors (Lipinski definition) is 2. The molecule has 2 rings (SSSR count). The van der Waals surface area contributed by atoms with E-state index in [9.17, 15) is 14.7 Å². The van der Waals surface area contributed by atoms with Crippen molar-refractivity contribution in [2.24, 2.45) is 0 Å². The molecule has 1 amide bonds. The lowest BCUT2D eigenvalue weighted by atomic mass is 9.85. The standard InChI is InChI=1S/C26H34ClNO5/c1-7-8-9-16(18-14-20(27)23(33-6)15-22(18)32-5)13-24(29)28-21-12-17(25(30)31)10-11-19(21)26(2,3)4/h10-12,14-16H,7-9,13H2,1-6H3,(H,28,29)(H,30,31). The lowest BCUT2D eigenvalue weighted by Gasteiger charge is -2.25. The van der Waals surface area contributed by atoms with Crippen LogP contribution in [0.2, 0.25) is 5.02 Å². The number of ether oxygens (including phenoxy) is 2. The summed E-state index contributed by atoms with van der Waals surface area (Å²) in [5.74, 6) is -0.226. The van der Waals surface area contributed by atoms with Gasteiger partial charge in [0.2, 0.25) is 5.91 Å². The number of carbonyl (C=O) groups is 2. The Bertz CT molecular complexity index is 997. The van der Waals surface area contributed by atoms with E-state index in [4.69, 9.17) is 21.1 Å². The van der Waals surface area contributed by atoms with Crippen molar-refractivity contribution >= 4 is 29.2 Å². The summed E-state index contributed by atoms with van der Waals surface area (Å²) in [5, 5.41) is 12.8. The van der Waals surface area contributed by atoms with Crippen LogP contribution in [0.15, 0.2) is 30.3 Å². The minimum atomic E-state index is -1.04. The number of rotatable bonds is 10. The highest BCUT2D eigenvalue weighted by Crippen LogP contribution is 2.40. The first-order valence-corrected chi connectivity index (χ1v) is 11.5. The van der Waals surface area contributed by atoms with Gasteiger partial charge < -0.3 is 19.9 Å². The van der Waals surface area contributed by atoms with Crippen LogP contribution in [0.4, 0.5) is 5.69 Å². The smallest absolute Gasteiger partial charge is 0.335 e. The first-order chi connectivity index (χ1) is 15.5. The third-order valence-corrected chi connectivity index (χ3v) is 5.93. The van der Waals surface area contributed by atoms with Crippen molar-refractivity contribution < 1.29 is 24.2 Å². The summed E-state index contributed by atoms with van der Waals surface area (Å²) in [6.07, 6.45) is 2.91. The number of halogens is 1. The van der Waals surface area contributed by atoms with Crippen LogP contribution in [0, 0.1) is 0 Å². The lowest BCUT2D eigenvalue weighted by molar-refractivity contribution is -0.116. The van der Waals surface area contributed by atoms with Gasteiger partial charge in [-0.05, 0) is 47.1 Å². The lowest BCUT2D eigenvalue weighted by Crippen LogP contribution is -2.21. The molecule has 0 aromatic heterocycles. The van der Waals surface area contributed by atoms with E-state index >= 15 is 0 Å². The van der Waals surface area contributed by atoms with Gasteiger partial charge in [-0.15, -0.1) is 0 Å². The molecule has 7 heteroatoms. The van der Waals surface area contributed by atoms with E-state index in [1.165, 1.54) is 6.07 Å². The van der Waals surface area contributed by atoms with E-state index in [2.05, 4.69) is 12.2 Å². The predicted molar refractivity (Wildman–Crippen MR) is 132 cm³/mol. The molecule has 1 atom stereocenters. The number of carbonyl (C=O) groups excluding carboxylic acids is 1. The minimum Gasteiger partial charge on any atom is -0.496 e. The fourth-order valence-corrected chi connectivity index (χ4v) is 4.13. The van der Waals surface area contributed by atoms with Crippen LogP contribution in [0.25, 0.3) is 0 Å². The van der Waals surface area contributed by atoms with Crippen molar-refractivity contribution in [1.82, 2.24) is 0 Å². The second kappa shape index (κ2) is 11.4. The van der Waals surface area contributed by atoms with Crippen LogP contribution in [0.1, 0.15) is 80.8 Å². The molecule has 33 heavy (non-hydrogen) atoms. The number of unbranched alkanes of at least 4 members (excludes halogenated alkanes) is 1. The number of aromatic carboxylic acids is 1. The summed E-state index contributed by atoms with van der Waals surface area (Å²) in [4.78, 5) is 24.7. The fraction of sp³-hybridized carbons (Fsp3) is 0.462. The van der Waals surface area contributed by atoms with Crippen molar-refractivity contribution in [3.63, 3.8) is 0 Å². The summed E-state index contributed by atoms with van der Waals surface area (Å²) in [6, 6.07) is 8.39. The predicted octanol–water partition coefficient (Wildman–Crippen LogP) is 6.66. The Hall–Kier alpha value is -2.73. The van der Waals surface area contributed by atoms with Gasteiger partial charge in [0.1, 0.15) is 11.5 Å². The molecule has 0 fully saturated rings. The highest BCUT2D eigenvalue weighted by molar-refractivity contribution is 6.32. The van der Waals surface area contributed by atoms with Crippen LogP contribution in [0.5, 0.6) is 11.5 Å². The zero-order valence-electron chi connectivity index (χ0n) is 20.3. The normalized spacial score (nSPS) is 12.2. The number of carboxylic acid groups (broad SMARTS) is 1. The van der Waals surface area contributed by atoms with E-state index in [0.29, 0.717) is 22.2 Å². The molecule has 1 unspecified atom stereocenters. The van der Waals surface area contributed by atoms with Crippen molar-refractivity contribution in [3.05, 3.63) is 52.0 Å². The Morgan fingerprint density at radius 1 is 1.09 bits per heavy atom. The average molecular weight is 476 g/mol. The molecule has 2 aromatic carbocycles. The topological polar surface area (TPSA) is 84.9 Å². The van der Waals surface area contributed by atoms with Gasteiger partial charge in [0.25, 0.3) is 0 Å². The van der Waals surface area contributed by atoms with E-state index < -0.39 is 5.97 Å². The van der Waals surface area contributed by atoms with E-state index in [-0.39, 0.29) is 29.2 Å². The summed E-state index contributed by atoms with van der Waals surface area (Å²) in [5.41, 5.74) is 2.10. The van der Waals surface area contributed by atoms with Crippen LogP contribution < -0.4 is 14.8 Å². The first-order valence-electron chi connectivity index (χ1n) is 11.1. The Labute approximate surface area is 201 Å². The molecule has 0 aliphatic rings. The van der Waals surface area contributed by atoms with Crippen LogP contribution in [-0.4, -0.2) is 31.2 Å². The van der Waals surface area contributed by atoms with Crippen LogP contribution >= 0.6 is 11.6 Å². The van der Waals surface area contributed by atoms with Crippen molar-refractivity contribution in [2.75, 3.05) is 19.5 Å². The molecule has 0 saturated carbocycles. The molecule has 0 spiro atoms. The number of nitrogens with one attached hydrogen (secondary N) is 1. The zero-order valence-corrected chi connectivity index (χ0v) is 21.0. The molecular weight excluding hydrogens is 442 g/mol. The number of methoxy groups -OCH3 is 2. The van der Waals surface area contributed by atoms with Gasteiger partial charge in [0, 0.05) is 18.2 Å². The summed E-state index contributed by atoms with van der Waals surface area (Å²) in [6.45, 7) is 8.16. The second-order valence-corrected chi connectivity index (χ2v) is 9.54. The summed E-state index contributed by atoms with van der Waals surface area (Å²) < 4.78 is 10.9. The molecule has 0 radical (unpaired) electrons. The molecule has 0 bridgehead atoms. The largest absolute Gasteiger partial charge is 0.496 e. The number of benzene rings is 2. The van der Waals surface area contributed by atoms with E-state index in [0.717, 1.165) is 30.4 Å².